The number of benzene rings is 2. The van der Waals surface area contributed by atoms with Gasteiger partial charge in [0.2, 0.25) is 0 Å². The maximum atomic E-state index is 12.5. The third-order valence-electron chi connectivity index (χ3n) is 4.39. The van der Waals surface area contributed by atoms with Gasteiger partial charge in [-0.3, -0.25) is 9.59 Å². The first-order chi connectivity index (χ1) is 13.5. The van der Waals surface area contributed by atoms with Crippen LogP contribution in [0.3, 0.4) is 0 Å². The van der Waals surface area contributed by atoms with E-state index in [0.717, 1.165) is 25.2 Å². The Morgan fingerprint density at radius 1 is 1.11 bits per heavy atom. The van der Waals surface area contributed by atoms with Crippen molar-refractivity contribution in [1.29, 1.82) is 0 Å². The first kappa shape index (κ1) is 19.9. The van der Waals surface area contributed by atoms with Crippen molar-refractivity contribution < 1.29 is 19.1 Å². The van der Waals surface area contributed by atoms with Crippen molar-refractivity contribution in [2.24, 2.45) is 0 Å². The average Bonchev–Trinajstić information content (AvgIpc) is 3.21. The zero-order chi connectivity index (χ0) is 19.9. The fourth-order valence-electron chi connectivity index (χ4n) is 3.01. The number of anilines is 1. The van der Waals surface area contributed by atoms with Crippen LogP contribution in [0.1, 0.15) is 47.4 Å². The minimum atomic E-state index is -0.272. The van der Waals surface area contributed by atoms with Gasteiger partial charge in [0, 0.05) is 30.0 Å². The van der Waals surface area contributed by atoms with Gasteiger partial charge in [-0.15, -0.1) is 0 Å². The molecule has 1 heterocycles. The summed E-state index contributed by atoms with van der Waals surface area (Å²) in [4.78, 5) is 24.9. The summed E-state index contributed by atoms with van der Waals surface area (Å²) in [5.74, 6) is 0.268. The summed E-state index contributed by atoms with van der Waals surface area (Å²) in [5, 5.41) is 5.70. The van der Waals surface area contributed by atoms with E-state index in [1.165, 1.54) is 0 Å². The van der Waals surface area contributed by atoms with Gasteiger partial charge in [0.05, 0.1) is 12.2 Å². The van der Waals surface area contributed by atoms with Gasteiger partial charge in [-0.1, -0.05) is 6.07 Å². The van der Waals surface area contributed by atoms with Gasteiger partial charge in [0.1, 0.15) is 5.75 Å². The second-order valence-electron chi connectivity index (χ2n) is 7.07. The lowest BCUT2D eigenvalue weighted by molar-refractivity contribution is 0.0858. The van der Waals surface area contributed by atoms with Crippen LogP contribution in [-0.2, 0) is 4.74 Å². The second kappa shape index (κ2) is 9.37. The number of carbonyl (C=O) groups is 2. The summed E-state index contributed by atoms with van der Waals surface area (Å²) in [6.07, 6.45) is 2.16. The predicted molar refractivity (Wildman–Crippen MR) is 108 cm³/mol. The van der Waals surface area contributed by atoms with Crippen LogP contribution in [0.2, 0.25) is 0 Å². The molecule has 2 amide bonds. The van der Waals surface area contributed by atoms with Crippen LogP contribution in [0.4, 0.5) is 5.69 Å². The highest BCUT2D eigenvalue weighted by Crippen LogP contribution is 2.18. The third-order valence-corrected chi connectivity index (χ3v) is 4.39. The van der Waals surface area contributed by atoms with E-state index in [1.807, 2.05) is 26.0 Å². The summed E-state index contributed by atoms with van der Waals surface area (Å²) in [7, 11) is 0. The molecule has 0 radical (unpaired) electrons. The quantitative estimate of drug-likeness (QED) is 0.767. The molecule has 6 nitrogen and oxygen atoms in total. The summed E-state index contributed by atoms with van der Waals surface area (Å²) in [6.45, 7) is 5.15. The van der Waals surface area contributed by atoms with Gasteiger partial charge in [0.25, 0.3) is 11.8 Å². The largest absolute Gasteiger partial charge is 0.491 e. The molecule has 1 aliphatic heterocycles. The molecular formula is C22H26N2O4. The van der Waals surface area contributed by atoms with E-state index in [-0.39, 0.29) is 24.0 Å². The maximum Gasteiger partial charge on any atom is 0.255 e. The maximum absolute atomic E-state index is 12.5. The molecule has 2 aromatic rings. The van der Waals surface area contributed by atoms with Gasteiger partial charge in [-0.05, 0) is 69.2 Å². The van der Waals surface area contributed by atoms with Crippen molar-refractivity contribution in [3.05, 3.63) is 59.7 Å². The Kier molecular flexibility index (Phi) is 6.66. The second-order valence-corrected chi connectivity index (χ2v) is 7.07. The number of carbonyl (C=O) groups excluding carboxylic acids is 2. The Labute approximate surface area is 165 Å². The number of hydrogen-bond acceptors (Lipinski definition) is 4. The lowest BCUT2D eigenvalue weighted by Crippen LogP contribution is -2.31. The van der Waals surface area contributed by atoms with E-state index < -0.39 is 0 Å². The third kappa shape index (κ3) is 5.57. The molecule has 2 aromatic carbocycles. The van der Waals surface area contributed by atoms with Gasteiger partial charge in [-0.2, -0.15) is 0 Å². The van der Waals surface area contributed by atoms with Crippen LogP contribution in [0.5, 0.6) is 5.75 Å². The average molecular weight is 382 g/mol. The Morgan fingerprint density at radius 2 is 1.82 bits per heavy atom. The van der Waals surface area contributed by atoms with Crippen LogP contribution >= 0.6 is 0 Å². The molecule has 2 N–H and O–H groups in total. The molecule has 3 rings (SSSR count). The SMILES string of the molecule is CC(C)Oc1ccc(NC(=O)c2cccc(C(=O)NCC3CCCO3)c2)cc1. The Bertz CT molecular complexity index is 812. The molecule has 1 saturated heterocycles. The van der Waals surface area contributed by atoms with Crippen molar-refractivity contribution >= 4 is 17.5 Å². The normalized spacial score (nSPS) is 16.0. The molecule has 1 aliphatic rings. The number of amides is 2. The Hall–Kier alpha value is -2.86. The van der Waals surface area contributed by atoms with E-state index in [9.17, 15) is 9.59 Å². The highest BCUT2D eigenvalue weighted by Gasteiger charge is 2.17. The smallest absolute Gasteiger partial charge is 0.255 e. The van der Waals surface area contributed by atoms with E-state index in [4.69, 9.17) is 9.47 Å². The molecule has 0 spiro atoms. The zero-order valence-electron chi connectivity index (χ0n) is 16.2. The lowest BCUT2D eigenvalue weighted by Gasteiger charge is -2.12. The molecule has 0 saturated carbocycles. The number of nitrogens with one attached hydrogen (secondary N) is 2. The summed E-state index contributed by atoms with van der Waals surface area (Å²) < 4.78 is 11.1. The van der Waals surface area contributed by atoms with Gasteiger partial charge in [0.15, 0.2) is 0 Å². The molecule has 0 bridgehead atoms. The Morgan fingerprint density at radius 3 is 2.46 bits per heavy atom. The van der Waals surface area contributed by atoms with Gasteiger partial charge in [-0.25, -0.2) is 0 Å². The summed E-state index contributed by atoms with van der Waals surface area (Å²) in [5.41, 5.74) is 1.54. The first-order valence-corrected chi connectivity index (χ1v) is 9.59. The highest BCUT2D eigenvalue weighted by molar-refractivity contribution is 6.06. The molecule has 1 unspecified atom stereocenters. The number of rotatable bonds is 7. The summed E-state index contributed by atoms with van der Waals surface area (Å²) >= 11 is 0. The minimum absolute atomic E-state index is 0.0816. The van der Waals surface area contributed by atoms with Crippen LogP contribution in [0.15, 0.2) is 48.5 Å². The molecule has 148 valence electrons. The van der Waals surface area contributed by atoms with Gasteiger partial charge >= 0.3 is 0 Å². The van der Waals surface area contributed by atoms with E-state index in [1.54, 1.807) is 36.4 Å². The minimum Gasteiger partial charge on any atom is -0.491 e. The molecule has 0 aliphatic carbocycles. The molecule has 28 heavy (non-hydrogen) atoms. The topological polar surface area (TPSA) is 76.7 Å². The highest BCUT2D eigenvalue weighted by atomic mass is 16.5. The zero-order valence-corrected chi connectivity index (χ0v) is 16.2. The van der Waals surface area contributed by atoms with Gasteiger partial charge < -0.3 is 20.1 Å². The van der Waals surface area contributed by atoms with Crippen LogP contribution < -0.4 is 15.4 Å². The number of ether oxygens (including phenoxy) is 2. The molecule has 1 fully saturated rings. The lowest BCUT2D eigenvalue weighted by atomic mass is 10.1. The van der Waals surface area contributed by atoms with Crippen molar-refractivity contribution in [3.8, 4) is 5.75 Å². The molecule has 6 heteroatoms. The Balaban J connectivity index is 1.59. The molecular weight excluding hydrogens is 356 g/mol. The first-order valence-electron chi connectivity index (χ1n) is 9.59. The summed E-state index contributed by atoms with van der Waals surface area (Å²) in [6, 6.07) is 13.9. The van der Waals surface area contributed by atoms with Crippen molar-refractivity contribution in [1.82, 2.24) is 5.32 Å². The molecule has 0 aromatic heterocycles. The van der Waals surface area contributed by atoms with Crippen LogP contribution in [-0.4, -0.2) is 37.2 Å². The van der Waals surface area contributed by atoms with E-state index in [0.29, 0.717) is 23.4 Å². The predicted octanol–water partition coefficient (Wildman–Crippen LogP) is 3.63. The van der Waals surface area contributed by atoms with E-state index >= 15 is 0 Å². The van der Waals surface area contributed by atoms with Crippen molar-refractivity contribution in [2.75, 3.05) is 18.5 Å². The standard InChI is InChI=1S/C22H26N2O4/c1-15(2)28-19-10-8-18(9-11-19)24-22(26)17-6-3-5-16(13-17)21(25)23-14-20-7-4-12-27-20/h3,5-6,8-11,13,15,20H,4,7,12,14H2,1-2H3,(H,23,25)(H,24,26). The fraction of sp³-hybridized carbons (Fsp3) is 0.364. The van der Waals surface area contributed by atoms with Crippen LogP contribution in [0, 0.1) is 0 Å². The van der Waals surface area contributed by atoms with Crippen molar-refractivity contribution in [2.45, 2.75) is 38.9 Å². The monoisotopic (exact) mass is 382 g/mol. The van der Waals surface area contributed by atoms with Crippen molar-refractivity contribution in [3.63, 3.8) is 0 Å². The molecule has 1 atom stereocenters. The van der Waals surface area contributed by atoms with E-state index in [2.05, 4.69) is 10.6 Å². The fourth-order valence-corrected chi connectivity index (χ4v) is 3.01. The number of hydrogen-bond donors (Lipinski definition) is 2. The van der Waals surface area contributed by atoms with Crippen LogP contribution in [0.25, 0.3) is 0 Å².